The second-order valence-corrected chi connectivity index (χ2v) is 12.6. The molecule has 1 fully saturated rings. The molecule has 0 spiro atoms. The molecular weight excluding hydrogens is 529 g/mol. The number of hydrogen-bond donors (Lipinski definition) is 0. The average Bonchev–Trinajstić information content (AvgIpc) is 3.65. The fourth-order valence-corrected chi connectivity index (χ4v) is 6.76. The third kappa shape index (κ3) is 3.81. The van der Waals surface area contributed by atoms with Crippen molar-refractivity contribution >= 4 is 23.7 Å². The summed E-state index contributed by atoms with van der Waals surface area (Å²) < 4.78 is 19.2. The Morgan fingerprint density at radius 2 is 1.14 bits per heavy atom. The zero-order valence-corrected chi connectivity index (χ0v) is 24.8. The lowest BCUT2D eigenvalue weighted by molar-refractivity contribution is 0.00578. The van der Waals surface area contributed by atoms with Crippen LogP contribution < -0.4 is 5.46 Å². The fraction of sp³-hybridized carbons (Fsp3) is 0.184. The summed E-state index contributed by atoms with van der Waals surface area (Å²) in [5.41, 5.74) is 9.55. The van der Waals surface area contributed by atoms with E-state index in [1.807, 2.05) is 30.3 Å². The number of oxazole rings is 1. The molecule has 0 atom stereocenters. The average molecular weight is 561 g/mol. The van der Waals surface area contributed by atoms with Gasteiger partial charge in [-0.2, -0.15) is 0 Å². The van der Waals surface area contributed by atoms with Crippen LogP contribution in [-0.2, 0) is 14.7 Å². The van der Waals surface area contributed by atoms with E-state index in [-0.39, 0.29) is 0 Å². The van der Waals surface area contributed by atoms with Crippen LogP contribution >= 0.6 is 0 Å². The number of nitrogens with zero attached hydrogens (tertiary/aromatic N) is 1. The molecule has 4 nitrogen and oxygen atoms in total. The smallest absolute Gasteiger partial charge is 0.436 e. The lowest BCUT2D eigenvalue weighted by atomic mass is 9.66. The van der Waals surface area contributed by atoms with Gasteiger partial charge in [0.05, 0.1) is 16.6 Å². The van der Waals surface area contributed by atoms with Gasteiger partial charge in [0.15, 0.2) is 5.58 Å². The van der Waals surface area contributed by atoms with Crippen molar-refractivity contribution in [2.75, 3.05) is 0 Å². The van der Waals surface area contributed by atoms with Crippen molar-refractivity contribution < 1.29 is 13.7 Å². The molecule has 5 heteroatoms. The Morgan fingerprint density at radius 3 is 1.77 bits per heavy atom. The highest BCUT2D eigenvalue weighted by atomic mass is 16.7. The Labute approximate surface area is 252 Å². The van der Waals surface area contributed by atoms with Crippen molar-refractivity contribution in [2.24, 2.45) is 0 Å². The minimum Gasteiger partial charge on any atom is -0.436 e. The molecule has 1 aliphatic heterocycles. The Hall–Kier alpha value is -4.45. The Balaban J connectivity index is 1.32. The molecule has 6 aromatic rings. The van der Waals surface area contributed by atoms with Gasteiger partial charge in [-0.1, -0.05) is 97.1 Å². The molecule has 0 amide bonds. The molecule has 0 unspecified atom stereocenters. The Kier molecular flexibility index (Phi) is 5.65. The van der Waals surface area contributed by atoms with Gasteiger partial charge in [0, 0.05) is 5.56 Å². The van der Waals surface area contributed by atoms with Gasteiger partial charge in [-0.15, -0.1) is 0 Å². The highest BCUT2D eigenvalue weighted by Crippen LogP contribution is 2.56. The molecule has 0 bridgehead atoms. The van der Waals surface area contributed by atoms with E-state index in [1.165, 1.54) is 27.8 Å². The molecule has 0 saturated carbocycles. The Morgan fingerprint density at radius 1 is 0.581 bits per heavy atom. The molecule has 0 N–H and O–H groups in total. The molecule has 1 aromatic heterocycles. The number of hydrogen-bond acceptors (Lipinski definition) is 4. The van der Waals surface area contributed by atoms with Gasteiger partial charge in [-0.05, 0) is 90.8 Å². The maximum atomic E-state index is 6.39. The number of fused-ring (bicyclic) bond motifs is 4. The zero-order chi connectivity index (χ0) is 29.4. The molecule has 0 radical (unpaired) electrons. The number of benzene rings is 5. The molecule has 1 saturated heterocycles. The minimum atomic E-state index is -0.546. The number of aromatic nitrogens is 1. The largest absolute Gasteiger partial charge is 0.494 e. The van der Waals surface area contributed by atoms with E-state index < -0.39 is 23.7 Å². The van der Waals surface area contributed by atoms with Crippen LogP contribution in [0, 0.1) is 0 Å². The van der Waals surface area contributed by atoms with Crippen molar-refractivity contribution in [2.45, 2.75) is 44.3 Å². The van der Waals surface area contributed by atoms with Crippen LogP contribution in [-0.4, -0.2) is 23.3 Å². The van der Waals surface area contributed by atoms with E-state index in [2.05, 4.69) is 119 Å². The third-order valence-electron chi connectivity index (χ3n) is 9.66. The third-order valence-corrected chi connectivity index (χ3v) is 9.66. The van der Waals surface area contributed by atoms with Crippen LogP contribution in [0.5, 0.6) is 0 Å². The van der Waals surface area contributed by atoms with Gasteiger partial charge in [0.2, 0.25) is 5.89 Å². The topological polar surface area (TPSA) is 44.5 Å². The van der Waals surface area contributed by atoms with E-state index in [0.717, 1.165) is 27.7 Å². The summed E-state index contributed by atoms with van der Waals surface area (Å²) in [5, 5.41) is 0. The summed E-state index contributed by atoms with van der Waals surface area (Å²) in [6.45, 7) is 8.36. The first kappa shape index (κ1) is 26.2. The maximum absolute atomic E-state index is 6.39. The van der Waals surface area contributed by atoms with Gasteiger partial charge in [0.1, 0.15) is 5.52 Å². The molecular formula is C38H32BNO3. The van der Waals surface area contributed by atoms with Crippen LogP contribution in [0.3, 0.4) is 0 Å². The predicted octanol–water partition coefficient (Wildman–Crippen LogP) is 8.16. The van der Waals surface area contributed by atoms with Gasteiger partial charge in [-0.3, -0.25) is 0 Å². The molecule has 43 heavy (non-hydrogen) atoms. The SMILES string of the molecule is CC1(C)OB(c2ccc(C3(c4ccc5nc(-c6ccccc6)oc5c4)c4ccccc4-c4ccccc43)cc2)OC1(C)C. The van der Waals surface area contributed by atoms with Crippen molar-refractivity contribution in [1.29, 1.82) is 0 Å². The lowest BCUT2D eigenvalue weighted by Crippen LogP contribution is -2.41. The lowest BCUT2D eigenvalue weighted by Gasteiger charge is -2.34. The highest BCUT2D eigenvalue weighted by molar-refractivity contribution is 6.62. The van der Waals surface area contributed by atoms with Crippen LogP contribution in [0.1, 0.15) is 49.9 Å². The second kappa shape index (κ2) is 9.28. The fourth-order valence-electron chi connectivity index (χ4n) is 6.76. The normalized spacial score (nSPS) is 17.6. The van der Waals surface area contributed by atoms with E-state index in [9.17, 15) is 0 Å². The number of rotatable bonds is 4. The quantitative estimate of drug-likeness (QED) is 0.204. The zero-order valence-electron chi connectivity index (χ0n) is 24.8. The standard InChI is InChI=1S/C38H32BNO3/c1-36(2)37(3,4)43-39(42-36)28-21-18-26(19-22-28)38(31-16-10-8-14-29(31)30-15-9-11-17-32(30)38)27-20-23-33-34(24-27)41-35(40-33)25-12-6-5-7-13-25/h5-24H,1-4H3. The van der Waals surface area contributed by atoms with Crippen LogP contribution in [0.4, 0.5) is 0 Å². The van der Waals surface area contributed by atoms with Crippen LogP contribution in [0.15, 0.2) is 126 Å². The molecule has 2 aliphatic rings. The Bertz CT molecular complexity index is 1930. The van der Waals surface area contributed by atoms with Gasteiger partial charge < -0.3 is 13.7 Å². The van der Waals surface area contributed by atoms with E-state index >= 15 is 0 Å². The summed E-state index contributed by atoms with van der Waals surface area (Å²) in [6, 6.07) is 42.8. The van der Waals surface area contributed by atoms with Crippen molar-refractivity contribution in [3.63, 3.8) is 0 Å². The maximum Gasteiger partial charge on any atom is 0.494 e. The second-order valence-electron chi connectivity index (χ2n) is 12.6. The summed E-state index contributed by atoms with van der Waals surface area (Å²) in [6.07, 6.45) is 0. The summed E-state index contributed by atoms with van der Waals surface area (Å²) in [5.74, 6) is 0.626. The highest BCUT2D eigenvalue weighted by Gasteiger charge is 2.52. The molecule has 210 valence electrons. The summed E-state index contributed by atoms with van der Waals surface area (Å²) in [4.78, 5) is 4.82. The predicted molar refractivity (Wildman–Crippen MR) is 172 cm³/mol. The molecule has 8 rings (SSSR count). The first-order chi connectivity index (χ1) is 20.8. The molecule has 2 heterocycles. The minimum absolute atomic E-state index is 0.397. The van der Waals surface area contributed by atoms with E-state index in [4.69, 9.17) is 18.7 Å². The molecule has 1 aliphatic carbocycles. The monoisotopic (exact) mass is 561 g/mol. The molecule has 5 aromatic carbocycles. The summed E-state index contributed by atoms with van der Waals surface area (Å²) >= 11 is 0. The van der Waals surface area contributed by atoms with E-state index in [0.29, 0.717) is 5.89 Å². The summed E-state index contributed by atoms with van der Waals surface area (Å²) in [7, 11) is -0.417. The van der Waals surface area contributed by atoms with Crippen LogP contribution in [0.25, 0.3) is 33.7 Å². The van der Waals surface area contributed by atoms with Crippen molar-refractivity contribution in [3.05, 3.63) is 144 Å². The first-order valence-electron chi connectivity index (χ1n) is 14.9. The van der Waals surface area contributed by atoms with Gasteiger partial charge in [0.25, 0.3) is 0 Å². The van der Waals surface area contributed by atoms with Gasteiger partial charge in [-0.25, -0.2) is 4.98 Å². The first-order valence-corrected chi connectivity index (χ1v) is 14.9. The van der Waals surface area contributed by atoms with Crippen molar-refractivity contribution in [1.82, 2.24) is 4.98 Å². The van der Waals surface area contributed by atoms with E-state index in [1.54, 1.807) is 0 Å². The van der Waals surface area contributed by atoms with Crippen LogP contribution in [0.2, 0.25) is 0 Å². The van der Waals surface area contributed by atoms with Crippen molar-refractivity contribution in [3.8, 4) is 22.6 Å². The van der Waals surface area contributed by atoms with Gasteiger partial charge >= 0.3 is 7.12 Å².